The summed E-state index contributed by atoms with van der Waals surface area (Å²) in [5.74, 6) is 0.0149. The normalized spacial score (nSPS) is 14.8. The van der Waals surface area contributed by atoms with E-state index in [2.05, 4.69) is 35.1 Å². The molecule has 1 aliphatic heterocycles. The molecule has 6 heteroatoms. The summed E-state index contributed by atoms with van der Waals surface area (Å²) >= 11 is 6.06. The summed E-state index contributed by atoms with van der Waals surface area (Å²) in [4.78, 5) is 19.1. The number of nitrogens with one attached hydrogen (secondary N) is 1. The van der Waals surface area contributed by atoms with Crippen LogP contribution >= 0.6 is 11.6 Å². The van der Waals surface area contributed by atoms with Crippen LogP contribution in [0.1, 0.15) is 28.8 Å². The number of allylic oxidation sites excluding steroid dienone is 5. The lowest BCUT2D eigenvalue weighted by molar-refractivity contribution is 0.0718. The standard InChI is InChI=1S/C28H25ClN4O/c1-2-5-20(7-4-12-30)23-16-21-9-13-31-19-26(21)27(18-23)32-25-10-14-33(15-11-25)28(34)22-6-3-8-24(29)17-22/h2-9,13,16-19,25,32H,1,10-11,14-15H2/b7-4+,20-5+. The van der Waals surface area contributed by atoms with Gasteiger partial charge >= 0.3 is 0 Å². The van der Waals surface area contributed by atoms with Crippen molar-refractivity contribution >= 4 is 39.5 Å². The molecular formula is C28H25ClN4O. The number of hydrogen-bond donors (Lipinski definition) is 1. The Morgan fingerprint density at radius 2 is 2.03 bits per heavy atom. The molecular weight excluding hydrogens is 444 g/mol. The van der Waals surface area contributed by atoms with Crippen molar-refractivity contribution in [3.05, 3.63) is 102 Å². The second-order valence-electron chi connectivity index (χ2n) is 8.16. The van der Waals surface area contributed by atoms with Crippen molar-refractivity contribution in [2.75, 3.05) is 18.4 Å². The average Bonchev–Trinajstić information content (AvgIpc) is 2.86. The van der Waals surface area contributed by atoms with Crippen molar-refractivity contribution in [1.82, 2.24) is 9.88 Å². The summed E-state index contributed by atoms with van der Waals surface area (Å²) in [6, 6.07) is 15.5. The Kier molecular flexibility index (Phi) is 7.41. The van der Waals surface area contributed by atoms with E-state index in [9.17, 15) is 4.79 Å². The molecule has 0 bridgehead atoms. The number of anilines is 1. The highest BCUT2D eigenvalue weighted by atomic mass is 35.5. The lowest BCUT2D eigenvalue weighted by Gasteiger charge is -2.33. The van der Waals surface area contributed by atoms with Crippen molar-refractivity contribution in [1.29, 1.82) is 5.26 Å². The number of benzene rings is 2. The van der Waals surface area contributed by atoms with E-state index >= 15 is 0 Å². The van der Waals surface area contributed by atoms with Gasteiger partial charge in [0.2, 0.25) is 0 Å². The molecule has 1 amide bonds. The number of halogens is 1. The lowest BCUT2D eigenvalue weighted by Crippen LogP contribution is -2.42. The zero-order valence-corrected chi connectivity index (χ0v) is 19.5. The van der Waals surface area contributed by atoms with Crippen LogP contribution in [0.4, 0.5) is 5.69 Å². The number of carbonyl (C=O) groups excluding carboxylic acids is 1. The van der Waals surface area contributed by atoms with Crippen LogP contribution in [-0.2, 0) is 0 Å². The highest BCUT2D eigenvalue weighted by Crippen LogP contribution is 2.31. The van der Waals surface area contributed by atoms with Crippen molar-refractivity contribution < 1.29 is 4.79 Å². The SMILES string of the molecule is C=C/C=C(\C=C\C#N)c1cc(NC2CCN(C(=O)c3cccc(Cl)c3)CC2)c2cnccc2c1. The first-order valence-electron chi connectivity index (χ1n) is 11.2. The zero-order valence-electron chi connectivity index (χ0n) is 18.7. The van der Waals surface area contributed by atoms with Gasteiger partial charge in [0.15, 0.2) is 0 Å². The highest BCUT2D eigenvalue weighted by molar-refractivity contribution is 6.30. The van der Waals surface area contributed by atoms with E-state index in [-0.39, 0.29) is 11.9 Å². The Bertz CT molecular complexity index is 1310. The first-order chi connectivity index (χ1) is 16.6. The van der Waals surface area contributed by atoms with Crippen LogP contribution in [0.5, 0.6) is 0 Å². The van der Waals surface area contributed by atoms with Crippen LogP contribution < -0.4 is 5.32 Å². The Morgan fingerprint density at radius 3 is 2.76 bits per heavy atom. The molecule has 0 radical (unpaired) electrons. The van der Waals surface area contributed by atoms with Crippen LogP contribution in [-0.4, -0.2) is 34.9 Å². The Morgan fingerprint density at radius 1 is 1.21 bits per heavy atom. The van der Waals surface area contributed by atoms with E-state index < -0.39 is 0 Å². The summed E-state index contributed by atoms with van der Waals surface area (Å²) in [7, 11) is 0. The van der Waals surface area contributed by atoms with Crippen molar-refractivity contribution in [2.24, 2.45) is 0 Å². The van der Waals surface area contributed by atoms with E-state index in [1.54, 1.807) is 42.6 Å². The third-order valence-electron chi connectivity index (χ3n) is 5.94. The molecule has 34 heavy (non-hydrogen) atoms. The molecule has 1 aliphatic rings. The van der Waals surface area contributed by atoms with Crippen molar-refractivity contribution in [3.8, 4) is 6.07 Å². The monoisotopic (exact) mass is 468 g/mol. The van der Waals surface area contributed by atoms with Crippen molar-refractivity contribution in [3.63, 3.8) is 0 Å². The third kappa shape index (κ3) is 5.36. The predicted molar refractivity (Wildman–Crippen MR) is 139 cm³/mol. The molecule has 0 unspecified atom stereocenters. The van der Waals surface area contributed by atoms with Crippen LogP contribution in [0.15, 0.2) is 85.7 Å². The number of fused-ring (bicyclic) bond motifs is 1. The fourth-order valence-electron chi connectivity index (χ4n) is 4.24. The second kappa shape index (κ2) is 10.8. The van der Waals surface area contributed by atoms with Gasteiger partial charge in [-0.05, 0) is 71.8 Å². The highest BCUT2D eigenvalue weighted by Gasteiger charge is 2.24. The number of pyridine rings is 1. The molecule has 2 aromatic carbocycles. The smallest absolute Gasteiger partial charge is 0.253 e. The first-order valence-corrected chi connectivity index (χ1v) is 11.6. The number of hydrogen-bond acceptors (Lipinski definition) is 4. The number of amides is 1. The topological polar surface area (TPSA) is 69.0 Å². The molecule has 0 spiro atoms. The number of likely N-dealkylation sites (tertiary alicyclic amines) is 1. The van der Waals surface area contributed by atoms with Gasteiger partial charge in [0.1, 0.15) is 0 Å². The van der Waals surface area contributed by atoms with Gasteiger partial charge in [0.25, 0.3) is 5.91 Å². The summed E-state index contributed by atoms with van der Waals surface area (Å²) < 4.78 is 0. The van der Waals surface area contributed by atoms with Gasteiger partial charge in [-0.1, -0.05) is 36.4 Å². The minimum absolute atomic E-state index is 0.0149. The maximum absolute atomic E-state index is 12.9. The van der Waals surface area contributed by atoms with E-state index in [0.717, 1.165) is 40.4 Å². The van der Waals surface area contributed by atoms with Crippen LogP contribution in [0.2, 0.25) is 5.02 Å². The molecule has 0 saturated carbocycles. The number of piperidine rings is 1. The molecule has 0 aliphatic carbocycles. The van der Waals surface area contributed by atoms with E-state index in [0.29, 0.717) is 23.7 Å². The number of nitrogens with zero attached hydrogens (tertiary/aromatic N) is 3. The average molecular weight is 469 g/mol. The summed E-state index contributed by atoms with van der Waals surface area (Å²) in [5, 5.41) is 15.3. The minimum atomic E-state index is 0.0149. The molecule has 2 heterocycles. The molecule has 0 atom stereocenters. The second-order valence-corrected chi connectivity index (χ2v) is 8.60. The van der Waals surface area contributed by atoms with Gasteiger partial charge in [0.05, 0.1) is 6.07 Å². The molecule has 3 aromatic rings. The van der Waals surface area contributed by atoms with Gasteiger partial charge in [-0.25, -0.2) is 0 Å². The van der Waals surface area contributed by atoms with Crippen LogP contribution in [0, 0.1) is 11.3 Å². The first kappa shape index (κ1) is 23.3. The lowest BCUT2D eigenvalue weighted by atomic mass is 9.98. The van der Waals surface area contributed by atoms with Crippen molar-refractivity contribution in [2.45, 2.75) is 18.9 Å². The maximum atomic E-state index is 12.9. The Balaban J connectivity index is 1.54. The van der Waals surface area contributed by atoms with Gasteiger partial charge < -0.3 is 10.2 Å². The van der Waals surface area contributed by atoms with Crippen LogP contribution in [0.3, 0.4) is 0 Å². The number of aromatic nitrogens is 1. The predicted octanol–water partition coefficient (Wildman–Crippen LogP) is 6.25. The molecule has 1 saturated heterocycles. The Hall–Kier alpha value is -3.88. The quantitative estimate of drug-likeness (QED) is 0.342. The Labute approximate surface area is 204 Å². The van der Waals surface area contributed by atoms with Crippen LogP contribution in [0.25, 0.3) is 16.3 Å². The van der Waals surface area contributed by atoms with E-state index in [1.165, 1.54) is 6.08 Å². The third-order valence-corrected chi connectivity index (χ3v) is 6.17. The molecule has 5 nitrogen and oxygen atoms in total. The molecule has 170 valence electrons. The molecule has 4 rings (SSSR count). The summed E-state index contributed by atoms with van der Waals surface area (Å²) in [6.45, 7) is 5.15. The van der Waals surface area contributed by atoms with Gasteiger partial charge in [-0.3, -0.25) is 9.78 Å². The molecule has 1 fully saturated rings. The summed E-state index contributed by atoms with van der Waals surface area (Å²) in [6.07, 6.45) is 12.2. The fraction of sp³-hybridized carbons (Fsp3) is 0.179. The number of nitriles is 1. The zero-order chi connectivity index (χ0) is 23.9. The number of rotatable bonds is 6. The maximum Gasteiger partial charge on any atom is 0.253 e. The summed E-state index contributed by atoms with van der Waals surface area (Å²) in [5.41, 5.74) is 3.50. The minimum Gasteiger partial charge on any atom is -0.382 e. The largest absolute Gasteiger partial charge is 0.382 e. The number of carbonyl (C=O) groups is 1. The van der Waals surface area contributed by atoms with Gasteiger partial charge in [-0.2, -0.15) is 5.26 Å². The molecule has 1 N–H and O–H groups in total. The fourth-order valence-corrected chi connectivity index (χ4v) is 4.43. The van der Waals surface area contributed by atoms with E-state index in [4.69, 9.17) is 16.9 Å². The van der Waals surface area contributed by atoms with Gasteiger partial charge in [-0.15, -0.1) is 0 Å². The van der Waals surface area contributed by atoms with E-state index in [1.807, 2.05) is 23.2 Å². The van der Waals surface area contributed by atoms with Gasteiger partial charge in [0, 0.05) is 59.3 Å². The molecule has 1 aromatic heterocycles.